The van der Waals surface area contributed by atoms with E-state index in [1.54, 1.807) is 24.3 Å². The quantitative estimate of drug-likeness (QED) is 0.656. The minimum atomic E-state index is -0.656. The summed E-state index contributed by atoms with van der Waals surface area (Å²) in [7, 11) is 0. The molecule has 8 nitrogen and oxygen atoms in total. The van der Waals surface area contributed by atoms with Crippen molar-refractivity contribution >= 4 is 16.9 Å². The highest BCUT2D eigenvalue weighted by molar-refractivity contribution is 5.96. The summed E-state index contributed by atoms with van der Waals surface area (Å²) in [6.07, 6.45) is 1.65. The Bertz CT molecular complexity index is 1090. The lowest BCUT2D eigenvalue weighted by Gasteiger charge is -2.11. The highest BCUT2D eigenvalue weighted by atomic mass is 16.5. The molecule has 4 rings (SSSR count). The van der Waals surface area contributed by atoms with Gasteiger partial charge in [0.15, 0.2) is 0 Å². The molecule has 0 fully saturated rings. The first-order valence-electron chi connectivity index (χ1n) is 9.42. The first kappa shape index (κ1) is 18.2. The van der Waals surface area contributed by atoms with Crippen LogP contribution in [-0.2, 0) is 13.0 Å². The minimum Gasteiger partial charge on any atom is -0.493 e. The summed E-state index contributed by atoms with van der Waals surface area (Å²) < 4.78 is 12.9. The Morgan fingerprint density at radius 2 is 2.21 bits per heavy atom. The second-order valence-corrected chi connectivity index (χ2v) is 7.05. The van der Waals surface area contributed by atoms with E-state index in [4.69, 9.17) is 9.15 Å². The number of hydrogen-bond donors (Lipinski definition) is 1. The lowest BCUT2D eigenvalue weighted by Crippen LogP contribution is -2.33. The Hall–Kier alpha value is -3.16. The van der Waals surface area contributed by atoms with Crippen molar-refractivity contribution in [1.82, 2.24) is 20.1 Å². The molecule has 0 bridgehead atoms. The zero-order valence-electron chi connectivity index (χ0n) is 15.9. The molecule has 1 aliphatic heterocycles. The van der Waals surface area contributed by atoms with Crippen molar-refractivity contribution < 1.29 is 13.9 Å². The number of carbonyl (C=O) groups excluding carboxylic acids is 1. The van der Waals surface area contributed by atoms with Gasteiger partial charge in [-0.05, 0) is 31.5 Å². The maximum Gasteiger partial charge on any atom is 0.349 e. The summed E-state index contributed by atoms with van der Waals surface area (Å²) >= 11 is 0. The number of fused-ring (bicyclic) bond motifs is 2. The molecule has 0 spiro atoms. The molecule has 3 heterocycles. The third kappa shape index (κ3) is 3.49. The number of amides is 1. The molecular formula is C20H22N4O4. The largest absolute Gasteiger partial charge is 0.493 e. The van der Waals surface area contributed by atoms with Gasteiger partial charge in [0.05, 0.1) is 6.61 Å². The highest BCUT2D eigenvalue weighted by Crippen LogP contribution is 2.21. The predicted molar refractivity (Wildman–Crippen MR) is 103 cm³/mol. The van der Waals surface area contributed by atoms with Crippen LogP contribution in [0, 0.1) is 12.8 Å². The van der Waals surface area contributed by atoms with Crippen LogP contribution in [0.15, 0.2) is 33.5 Å². The lowest BCUT2D eigenvalue weighted by atomic mass is 10.1. The normalized spacial score (nSPS) is 15.6. The maximum absolute atomic E-state index is 12.5. The smallest absolute Gasteiger partial charge is 0.349 e. The fourth-order valence-corrected chi connectivity index (χ4v) is 3.42. The summed E-state index contributed by atoms with van der Waals surface area (Å²) in [4.78, 5) is 24.8. The number of carbonyl (C=O) groups is 1. The molecule has 0 saturated heterocycles. The molecule has 0 aliphatic carbocycles. The number of hydrogen-bond acceptors (Lipinski definition) is 6. The van der Waals surface area contributed by atoms with Crippen LogP contribution in [0.25, 0.3) is 11.0 Å². The lowest BCUT2D eigenvalue weighted by molar-refractivity contribution is 0.0943. The van der Waals surface area contributed by atoms with Crippen molar-refractivity contribution in [1.29, 1.82) is 0 Å². The third-order valence-electron chi connectivity index (χ3n) is 4.90. The summed E-state index contributed by atoms with van der Waals surface area (Å²) in [5.74, 6) is 2.25. The number of ether oxygens (including phenoxy) is 1. The van der Waals surface area contributed by atoms with Gasteiger partial charge in [0.2, 0.25) is 0 Å². The van der Waals surface area contributed by atoms with Crippen LogP contribution >= 0.6 is 0 Å². The van der Waals surface area contributed by atoms with Gasteiger partial charge in [-0.3, -0.25) is 4.79 Å². The number of rotatable bonds is 6. The van der Waals surface area contributed by atoms with E-state index in [1.807, 2.05) is 13.8 Å². The van der Waals surface area contributed by atoms with E-state index in [0.717, 1.165) is 31.0 Å². The Morgan fingerprint density at radius 1 is 1.36 bits per heavy atom. The van der Waals surface area contributed by atoms with Gasteiger partial charge in [-0.25, -0.2) is 4.79 Å². The molecule has 28 heavy (non-hydrogen) atoms. The molecule has 2 aromatic heterocycles. The van der Waals surface area contributed by atoms with E-state index in [0.29, 0.717) is 29.9 Å². The highest BCUT2D eigenvalue weighted by Gasteiger charge is 2.25. The maximum atomic E-state index is 12.5. The van der Waals surface area contributed by atoms with Crippen LogP contribution in [0.5, 0.6) is 5.75 Å². The Labute approximate surface area is 161 Å². The van der Waals surface area contributed by atoms with Crippen LogP contribution in [0.1, 0.15) is 35.4 Å². The van der Waals surface area contributed by atoms with Crippen molar-refractivity contribution in [3.8, 4) is 5.75 Å². The Kier molecular flexibility index (Phi) is 4.85. The molecule has 8 heteroatoms. The van der Waals surface area contributed by atoms with E-state index in [2.05, 4.69) is 20.1 Å². The number of aryl methyl sites for hydroxylation is 1. The van der Waals surface area contributed by atoms with Gasteiger partial charge in [-0.1, -0.05) is 6.92 Å². The van der Waals surface area contributed by atoms with Crippen molar-refractivity contribution in [3.05, 3.63) is 51.9 Å². The average molecular weight is 382 g/mol. The van der Waals surface area contributed by atoms with Crippen molar-refractivity contribution in [3.63, 3.8) is 0 Å². The van der Waals surface area contributed by atoms with Gasteiger partial charge in [0, 0.05) is 36.9 Å². The zero-order valence-corrected chi connectivity index (χ0v) is 15.9. The average Bonchev–Trinajstić information content (AvgIpc) is 3.25. The van der Waals surface area contributed by atoms with E-state index in [-0.39, 0.29) is 11.5 Å². The Morgan fingerprint density at radius 3 is 3.00 bits per heavy atom. The first-order chi connectivity index (χ1) is 13.5. The Balaban J connectivity index is 1.45. The van der Waals surface area contributed by atoms with Crippen molar-refractivity contribution in [2.75, 3.05) is 13.2 Å². The van der Waals surface area contributed by atoms with Crippen LogP contribution in [-0.4, -0.2) is 33.8 Å². The van der Waals surface area contributed by atoms with Gasteiger partial charge in [-0.2, -0.15) is 0 Å². The zero-order chi connectivity index (χ0) is 19.7. The number of nitrogens with one attached hydrogen (secondary N) is 1. The minimum absolute atomic E-state index is 0.00306. The molecule has 146 valence electrons. The number of benzene rings is 1. The second-order valence-electron chi connectivity index (χ2n) is 7.05. The standard InChI is InChI=1S/C20H22N4O4/c1-3-6-27-15-5-4-14-8-16(20(26)28-17(14)9-15)19(25)21-10-13-7-18-23-22-12(2)24(18)11-13/h4-5,8-9,13H,3,6-7,10-11H2,1-2H3,(H,21,25). The molecular weight excluding hydrogens is 360 g/mol. The van der Waals surface area contributed by atoms with E-state index in [1.165, 1.54) is 0 Å². The van der Waals surface area contributed by atoms with E-state index in [9.17, 15) is 9.59 Å². The van der Waals surface area contributed by atoms with Crippen LogP contribution in [0.3, 0.4) is 0 Å². The van der Waals surface area contributed by atoms with Gasteiger partial charge in [0.25, 0.3) is 5.91 Å². The van der Waals surface area contributed by atoms with Gasteiger partial charge in [0.1, 0.15) is 28.5 Å². The van der Waals surface area contributed by atoms with Gasteiger partial charge in [-0.15, -0.1) is 10.2 Å². The van der Waals surface area contributed by atoms with Crippen molar-refractivity contribution in [2.24, 2.45) is 5.92 Å². The van der Waals surface area contributed by atoms with Gasteiger partial charge < -0.3 is 19.0 Å². The third-order valence-corrected chi connectivity index (χ3v) is 4.90. The fraction of sp³-hybridized carbons (Fsp3) is 0.400. The van der Waals surface area contributed by atoms with Crippen LogP contribution in [0.2, 0.25) is 0 Å². The van der Waals surface area contributed by atoms with Crippen molar-refractivity contribution in [2.45, 2.75) is 33.2 Å². The summed E-state index contributed by atoms with van der Waals surface area (Å²) in [6.45, 7) is 5.75. The monoisotopic (exact) mass is 382 g/mol. The van der Waals surface area contributed by atoms with E-state index >= 15 is 0 Å². The summed E-state index contributed by atoms with van der Waals surface area (Å²) in [6, 6.07) is 6.82. The van der Waals surface area contributed by atoms with E-state index < -0.39 is 11.5 Å². The molecule has 0 radical (unpaired) electrons. The second kappa shape index (κ2) is 7.46. The number of aromatic nitrogens is 3. The molecule has 1 aliphatic rings. The molecule has 1 aromatic carbocycles. The molecule has 1 atom stereocenters. The fourth-order valence-electron chi connectivity index (χ4n) is 3.42. The van der Waals surface area contributed by atoms with Gasteiger partial charge >= 0.3 is 5.63 Å². The number of nitrogens with zero attached hydrogens (tertiary/aromatic N) is 3. The predicted octanol–water partition coefficient (Wildman–Crippen LogP) is 2.08. The summed E-state index contributed by atoms with van der Waals surface area (Å²) in [5.41, 5.74) is -0.250. The molecule has 1 unspecified atom stereocenters. The topological polar surface area (TPSA) is 99.2 Å². The first-order valence-corrected chi connectivity index (χ1v) is 9.42. The van der Waals surface area contributed by atoms with Crippen LogP contribution in [0.4, 0.5) is 0 Å². The SMILES string of the molecule is CCCOc1ccc2cc(C(=O)NCC3Cc4nnc(C)n4C3)c(=O)oc2c1. The van der Waals surface area contributed by atoms with Crippen LogP contribution < -0.4 is 15.7 Å². The summed E-state index contributed by atoms with van der Waals surface area (Å²) in [5, 5.41) is 11.7. The molecule has 0 saturated carbocycles. The molecule has 1 amide bonds. The molecule has 3 aromatic rings. The molecule has 1 N–H and O–H groups in total.